The molecular formula is C19H19N3O2S. The van der Waals surface area contributed by atoms with Gasteiger partial charge in [0.15, 0.2) is 0 Å². The molecule has 128 valence electrons. The summed E-state index contributed by atoms with van der Waals surface area (Å²) in [6, 6.07) is 15.6. The van der Waals surface area contributed by atoms with Crippen molar-refractivity contribution >= 4 is 27.6 Å². The summed E-state index contributed by atoms with van der Waals surface area (Å²) in [7, 11) is 2.49. The van der Waals surface area contributed by atoms with Crippen LogP contribution in [0, 0.1) is 11.3 Å². The van der Waals surface area contributed by atoms with E-state index in [0.29, 0.717) is 11.3 Å². The molecular weight excluding hydrogens is 334 g/mol. The molecule has 0 aliphatic rings. The molecule has 0 saturated carbocycles. The van der Waals surface area contributed by atoms with E-state index >= 15 is 0 Å². The quantitative estimate of drug-likeness (QED) is 0.758. The number of ether oxygens (including phenoxy) is 1. The van der Waals surface area contributed by atoms with Gasteiger partial charge in [-0.15, -0.1) is 0 Å². The zero-order chi connectivity index (χ0) is 18.0. The largest absolute Gasteiger partial charge is 0.497 e. The highest BCUT2D eigenvalue weighted by Crippen LogP contribution is 2.34. The normalized spacial score (nSPS) is 11.9. The van der Waals surface area contributed by atoms with Gasteiger partial charge in [0.1, 0.15) is 22.8 Å². The molecule has 6 heteroatoms. The van der Waals surface area contributed by atoms with Gasteiger partial charge in [-0.25, -0.2) is 4.21 Å². The van der Waals surface area contributed by atoms with Gasteiger partial charge in [-0.3, -0.25) is 0 Å². The minimum Gasteiger partial charge on any atom is -0.497 e. The topological polar surface area (TPSA) is 67.1 Å². The zero-order valence-electron chi connectivity index (χ0n) is 14.4. The van der Waals surface area contributed by atoms with Crippen molar-refractivity contribution in [3.63, 3.8) is 0 Å². The lowest BCUT2D eigenvalue weighted by Crippen LogP contribution is -2.05. The second-order valence-corrected chi connectivity index (χ2v) is 7.06. The number of aryl methyl sites for hydroxylation is 1. The third kappa shape index (κ3) is 3.11. The highest BCUT2D eigenvalue weighted by Gasteiger charge is 2.17. The molecule has 0 bridgehead atoms. The summed E-state index contributed by atoms with van der Waals surface area (Å²) >= 11 is 0. The minimum absolute atomic E-state index is 0.547. The fourth-order valence-electron chi connectivity index (χ4n) is 2.89. The van der Waals surface area contributed by atoms with Crippen molar-refractivity contribution in [2.45, 2.75) is 6.92 Å². The van der Waals surface area contributed by atoms with Gasteiger partial charge in [0.05, 0.1) is 23.9 Å². The van der Waals surface area contributed by atoms with Gasteiger partial charge in [0.2, 0.25) is 0 Å². The summed E-state index contributed by atoms with van der Waals surface area (Å²) in [5.74, 6) is 1.30. The highest BCUT2D eigenvalue weighted by atomic mass is 32.2. The number of nitrogens with zero attached hydrogens (tertiary/aromatic N) is 2. The van der Waals surface area contributed by atoms with Crippen LogP contribution in [0.5, 0.6) is 5.75 Å². The van der Waals surface area contributed by atoms with Crippen molar-refractivity contribution in [2.75, 3.05) is 17.6 Å². The first kappa shape index (κ1) is 17.1. The lowest BCUT2D eigenvalue weighted by molar-refractivity contribution is 0.415. The van der Waals surface area contributed by atoms with Crippen molar-refractivity contribution in [2.24, 2.45) is 7.05 Å². The predicted octanol–water partition coefficient (Wildman–Crippen LogP) is 3.82. The van der Waals surface area contributed by atoms with Crippen molar-refractivity contribution in [1.29, 1.82) is 5.26 Å². The van der Waals surface area contributed by atoms with E-state index in [4.69, 9.17) is 4.74 Å². The lowest BCUT2D eigenvalue weighted by atomic mass is 10.1. The van der Waals surface area contributed by atoms with Crippen LogP contribution in [0.25, 0.3) is 22.2 Å². The fourth-order valence-corrected chi connectivity index (χ4v) is 3.44. The Labute approximate surface area is 149 Å². The Morgan fingerprint density at radius 1 is 1.24 bits per heavy atom. The Balaban J connectivity index is 2.10. The number of anilines is 1. The number of hydrogen-bond acceptors (Lipinski definition) is 3. The number of methoxy groups -OCH3 is 1. The van der Waals surface area contributed by atoms with Crippen LogP contribution in [0.2, 0.25) is 0 Å². The predicted molar refractivity (Wildman–Crippen MR) is 102 cm³/mol. The molecule has 0 spiro atoms. The molecule has 5 nitrogen and oxygen atoms in total. The number of hydrogen-bond donors (Lipinski definition) is 1. The van der Waals surface area contributed by atoms with Gasteiger partial charge in [0, 0.05) is 29.9 Å². The molecule has 1 unspecified atom stereocenters. The summed E-state index contributed by atoms with van der Waals surface area (Å²) < 4.78 is 21.8. The lowest BCUT2D eigenvalue weighted by Gasteiger charge is -2.08. The average molecular weight is 353 g/mol. The molecule has 3 aromatic rings. The summed E-state index contributed by atoms with van der Waals surface area (Å²) in [6.07, 6.45) is 0. The molecule has 0 aliphatic heterocycles. The van der Waals surface area contributed by atoms with Crippen LogP contribution in [0.1, 0.15) is 12.5 Å². The second kappa shape index (κ2) is 6.99. The van der Waals surface area contributed by atoms with Crippen molar-refractivity contribution in [3.05, 3.63) is 48.0 Å². The van der Waals surface area contributed by atoms with Crippen LogP contribution < -0.4 is 9.46 Å². The molecule has 1 atom stereocenters. The first-order chi connectivity index (χ1) is 12.1. The number of aromatic nitrogens is 1. The van der Waals surface area contributed by atoms with E-state index in [9.17, 15) is 9.47 Å². The summed E-state index contributed by atoms with van der Waals surface area (Å²) in [5.41, 5.74) is 4.16. The van der Waals surface area contributed by atoms with Crippen molar-refractivity contribution < 1.29 is 8.95 Å². The van der Waals surface area contributed by atoms with Crippen LogP contribution in [-0.4, -0.2) is 21.6 Å². The van der Waals surface area contributed by atoms with E-state index in [-0.39, 0.29) is 0 Å². The molecule has 0 aliphatic carbocycles. The number of nitrogens with one attached hydrogen (secondary N) is 1. The zero-order valence-corrected chi connectivity index (χ0v) is 15.2. The third-order valence-electron chi connectivity index (χ3n) is 4.17. The van der Waals surface area contributed by atoms with E-state index in [0.717, 1.165) is 33.6 Å². The Morgan fingerprint density at radius 2 is 1.96 bits per heavy atom. The molecule has 1 heterocycles. The molecule has 2 aromatic carbocycles. The molecule has 25 heavy (non-hydrogen) atoms. The minimum atomic E-state index is -1.08. The first-order valence-electron chi connectivity index (χ1n) is 7.91. The van der Waals surface area contributed by atoms with E-state index < -0.39 is 11.0 Å². The van der Waals surface area contributed by atoms with Crippen molar-refractivity contribution in [1.82, 2.24) is 4.57 Å². The molecule has 1 aromatic heterocycles. The molecule has 0 saturated heterocycles. The van der Waals surface area contributed by atoms with Gasteiger partial charge in [-0.2, -0.15) is 5.26 Å². The molecule has 3 rings (SSSR count). The molecule has 1 N–H and O–H groups in total. The average Bonchev–Trinajstić information content (AvgIpc) is 2.93. The van der Waals surface area contributed by atoms with Crippen molar-refractivity contribution in [3.8, 4) is 23.1 Å². The van der Waals surface area contributed by atoms with Crippen LogP contribution in [0.3, 0.4) is 0 Å². The number of benzene rings is 2. The summed E-state index contributed by atoms with van der Waals surface area (Å²) in [5, 5.41) is 10.6. The van der Waals surface area contributed by atoms with Crippen LogP contribution in [0.4, 0.5) is 5.69 Å². The Morgan fingerprint density at radius 3 is 2.56 bits per heavy atom. The van der Waals surface area contributed by atoms with E-state index in [1.807, 2.05) is 61.0 Å². The SMILES string of the molecule is CCS(=O)Nc1ccc(-c2c(C#N)c3ccc(OC)cc3n2C)cc1. The summed E-state index contributed by atoms with van der Waals surface area (Å²) in [6.45, 7) is 1.86. The van der Waals surface area contributed by atoms with E-state index in [1.165, 1.54) is 0 Å². The Kier molecular flexibility index (Phi) is 4.77. The molecule has 0 amide bonds. The molecule has 0 radical (unpaired) electrons. The van der Waals surface area contributed by atoms with Gasteiger partial charge in [0.25, 0.3) is 0 Å². The Bertz CT molecular complexity index is 985. The first-order valence-corrected chi connectivity index (χ1v) is 9.23. The van der Waals surface area contributed by atoms with Crippen LogP contribution in [0.15, 0.2) is 42.5 Å². The number of fused-ring (bicyclic) bond motifs is 1. The maximum atomic E-state index is 11.6. The van der Waals surface area contributed by atoms with Crippen LogP contribution >= 0.6 is 0 Å². The van der Waals surface area contributed by atoms with Gasteiger partial charge in [-0.05, 0) is 29.8 Å². The Hall–Kier alpha value is -2.78. The second-order valence-electron chi connectivity index (χ2n) is 5.59. The third-order valence-corrected chi connectivity index (χ3v) is 5.16. The van der Waals surface area contributed by atoms with Gasteiger partial charge >= 0.3 is 0 Å². The van der Waals surface area contributed by atoms with Gasteiger partial charge < -0.3 is 14.0 Å². The van der Waals surface area contributed by atoms with Gasteiger partial charge in [-0.1, -0.05) is 19.1 Å². The summed E-state index contributed by atoms with van der Waals surface area (Å²) in [4.78, 5) is 0. The smallest absolute Gasteiger partial charge is 0.120 e. The standard InChI is InChI=1S/C19H19N3O2S/c1-4-25(23)21-14-7-5-13(6-8-14)19-17(12-20)16-10-9-15(24-3)11-18(16)22(19)2/h5-11,21H,4H2,1-3H3. The monoisotopic (exact) mass is 353 g/mol. The van der Waals surface area contributed by atoms with Crippen LogP contribution in [-0.2, 0) is 18.0 Å². The maximum Gasteiger partial charge on any atom is 0.120 e. The fraction of sp³-hybridized carbons (Fsp3) is 0.211. The van der Waals surface area contributed by atoms with E-state index in [1.54, 1.807) is 7.11 Å². The molecule has 0 fully saturated rings. The van der Waals surface area contributed by atoms with E-state index in [2.05, 4.69) is 10.8 Å². The highest BCUT2D eigenvalue weighted by molar-refractivity contribution is 7.86. The number of nitriles is 1. The maximum absolute atomic E-state index is 11.6. The number of rotatable bonds is 5.